The summed E-state index contributed by atoms with van der Waals surface area (Å²) in [6, 6.07) is 0. The first-order valence-electron chi connectivity index (χ1n) is 3.88. The number of ether oxygens (including phenoxy) is 2. The molecule has 1 N–H and O–H groups in total. The molecule has 13 heavy (non-hydrogen) atoms. The zero-order chi connectivity index (χ0) is 10.1. The SMILES string of the molecule is CC(OO)C1=CC(=O)OC(C)(C)O1. The summed E-state index contributed by atoms with van der Waals surface area (Å²) in [5.41, 5.74) is 0. The molecule has 1 rings (SSSR count). The Hall–Kier alpha value is -1.07. The number of carbonyl (C=O) groups is 1. The lowest BCUT2D eigenvalue weighted by atomic mass is 10.2. The summed E-state index contributed by atoms with van der Waals surface area (Å²) in [6.45, 7) is 4.75. The summed E-state index contributed by atoms with van der Waals surface area (Å²) in [6.07, 6.45) is 0.471. The van der Waals surface area contributed by atoms with E-state index < -0.39 is 17.9 Å². The highest BCUT2D eigenvalue weighted by Gasteiger charge is 2.32. The van der Waals surface area contributed by atoms with Crippen molar-refractivity contribution in [3.05, 3.63) is 11.8 Å². The third-order valence-corrected chi connectivity index (χ3v) is 1.53. The molecular formula is C8H12O5. The quantitative estimate of drug-likeness (QED) is 0.398. The van der Waals surface area contributed by atoms with Crippen molar-refractivity contribution in [2.45, 2.75) is 32.7 Å². The maximum Gasteiger partial charge on any atom is 0.337 e. The summed E-state index contributed by atoms with van der Waals surface area (Å²) in [5.74, 6) is -1.26. The Bertz CT molecular complexity index is 243. The Morgan fingerprint density at radius 3 is 2.62 bits per heavy atom. The van der Waals surface area contributed by atoms with E-state index in [1.165, 1.54) is 0 Å². The first kappa shape index (κ1) is 10.0. The van der Waals surface area contributed by atoms with Crippen LogP contribution in [0.5, 0.6) is 0 Å². The van der Waals surface area contributed by atoms with Crippen LogP contribution in [0.25, 0.3) is 0 Å². The van der Waals surface area contributed by atoms with Crippen molar-refractivity contribution in [3.8, 4) is 0 Å². The fourth-order valence-corrected chi connectivity index (χ4v) is 0.974. The monoisotopic (exact) mass is 188 g/mol. The van der Waals surface area contributed by atoms with Gasteiger partial charge in [0.1, 0.15) is 11.9 Å². The van der Waals surface area contributed by atoms with Gasteiger partial charge in [0.15, 0.2) is 0 Å². The molecule has 74 valence electrons. The predicted molar refractivity (Wildman–Crippen MR) is 42.5 cm³/mol. The highest BCUT2D eigenvalue weighted by atomic mass is 17.1. The third-order valence-electron chi connectivity index (χ3n) is 1.53. The molecule has 0 aromatic carbocycles. The zero-order valence-electron chi connectivity index (χ0n) is 7.73. The van der Waals surface area contributed by atoms with Crippen LogP contribution in [0.2, 0.25) is 0 Å². The average molecular weight is 188 g/mol. The summed E-state index contributed by atoms with van der Waals surface area (Å²) in [4.78, 5) is 15.0. The largest absolute Gasteiger partial charge is 0.454 e. The lowest BCUT2D eigenvalue weighted by Crippen LogP contribution is -2.36. The first-order chi connectivity index (χ1) is 5.94. The molecule has 0 spiro atoms. The topological polar surface area (TPSA) is 65.0 Å². The number of hydrogen-bond donors (Lipinski definition) is 1. The molecule has 0 radical (unpaired) electrons. The van der Waals surface area contributed by atoms with Crippen LogP contribution in [-0.4, -0.2) is 23.1 Å². The summed E-state index contributed by atoms with van der Waals surface area (Å²) in [5, 5.41) is 8.37. The van der Waals surface area contributed by atoms with Gasteiger partial charge in [0.25, 0.3) is 0 Å². The molecule has 1 aliphatic rings. The molecule has 5 nitrogen and oxygen atoms in total. The van der Waals surface area contributed by atoms with Crippen LogP contribution < -0.4 is 0 Å². The number of hydrogen-bond acceptors (Lipinski definition) is 5. The number of cyclic esters (lactones) is 1. The second kappa shape index (κ2) is 3.35. The van der Waals surface area contributed by atoms with E-state index in [0.29, 0.717) is 0 Å². The van der Waals surface area contributed by atoms with Gasteiger partial charge in [-0.25, -0.2) is 9.68 Å². The van der Waals surface area contributed by atoms with Crippen molar-refractivity contribution >= 4 is 5.97 Å². The Balaban J connectivity index is 2.81. The number of carbonyl (C=O) groups excluding carboxylic acids is 1. The standard InChI is InChI=1S/C8H12O5/c1-5(13-10)6-4-7(9)12-8(2,3)11-6/h4-5,10H,1-3H3. The van der Waals surface area contributed by atoms with E-state index in [1.807, 2.05) is 0 Å². The van der Waals surface area contributed by atoms with Crippen LogP contribution >= 0.6 is 0 Å². The third kappa shape index (κ3) is 2.43. The minimum Gasteiger partial charge on any atom is -0.454 e. The molecule has 0 aromatic rings. The van der Waals surface area contributed by atoms with Crippen molar-refractivity contribution in [2.75, 3.05) is 0 Å². The van der Waals surface area contributed by atoms with Crippen molar-refractivity contribution in [1.29, 1.82) is 0 Å². The molecule has 0 amide bonds. The maximum absolute atomic E-state index is 11.0. The Labute approximate surface area is 75.8 Å². The van der Waals surface area contributed by atoms with Gasteiger partial charge in [0.05, 0.1) is 6.08 Å². The van der Waals surface area contributed by atoms with E-state index in [1.54, 1.807) is 20.8 Å². The molecule has 0 saturated carbocycles. The zero-order valence-corrected chi connectivity index (χ0v) is 7.73. The van der Waals surface area contributed by atoms with Gasteiger partial charge in [0.2, 0.25) is 5.79 Å². The Morgan fingerprint density at radius 2 is 2.15 bits per heavy atom. The molecule has 0 fully saturated rings. The Morgan fingerprint density at radius 1 is 1.54 bits per heavy atom. The van der Waals surface area contributed by atoms with E-state index in [2.05, 4.69) is 4.89 Å². The molecule has 0 aliphatic carbocycles. The number of rotatable bonds is 2. The normalized spacial score (nSPS) is 22.8. The van der Waals surface area contributed by atoms with Gasteiger partial charge in [-0.05, 0) is 6.92 Å². The minimum absolute atomic E-state index is 0.253. The van der Waals surface area contributed by atoms with Gasteiger partial charge in [-0.15, -0.1) is 0 Å². The summed E-state index contributed by atoms with van der Waals surface area (Å²) >= 11 is 0. The number of esters is 1. The Kier molecular flexibility index (Phi) is 2.58. The molecular weight excluding hydrogens is 176 g/mol. The maximum atomic E-state index is 11.0. The van der Waals surface area contributed by atoms with Crippen LogP contribution in [0.1, 0.15) is 20.8 Å². The van der Waals surface area contributed by atoms with Gasteiger partial charge in [0, 0.05) is 13.8 Å². The second-order valence-electron chi connectivity index (χ2n) is 3.22. The van der Waals surface area contributed by atoms with Gasteiger partial charge < -0.3 is 9.47 Å². The fraction of sp³-hybridized carbons (Fsp3) is 0.625. The summed E-state index contributed by atoms with van der Waals surface area (Å²) in [7, 11) is 0. The van der Waals surface area contributed by atoms with Gasteiger partial charge in [-0.3, -0.25) is 5.26 Å². The van der Waals surface area contributed by atoms with Crippen molar-refractivity contribution < 1.29 is 24.4 Å². The first-order valence-corrected chi connectivity index (χ1v) is 3.88. The van der Waals surface area contributed by atoms with Crippen molar-refractivity contribution in [3.63, 3.8) is 0 Å². The predicted octanol–water partition coefficient (Wildman–Crippen LogP) is 1.06. The smallest absolute Gasteiger partial charge is 0.337 e. The average Bonchev–Trinajstić information content (AvgIpc) is 1.99. The van der Waals surface area contributed by atoms with E-state index >= 15 is 0 Å². The molecule has 1 atom stereocenters. The van der Waals surface area contributed by atoms with Crippen LogP contribution in [0, 0.1) is 0 Å². The highest BCUT2D eigenvalue weighted by molar-refractivity contribution is 5.83. The van der Waals surface area contributed by atoms with Gasteiger partial charge in [-0.2, -0.15) is 0 Å². The van der Waals surface area contributed by atoms with E-state index in [4.69, 9.17) is 14.7 Å². The fourth-order valence-electron chi connectivity index (χ4n) is 0.974. The van der Waals surface area contributed by atoms with Crippen molar-refractivity contribution in [2.24, 2.45) is 0 Å². The molecule has 5 heteroatoms. The van der Waals surface area contributed by atoms with Gasteiger partial charge in [-0.1, -0.05) is 0 Å². The lowest BCUT2D eigenvalue weighted by molar-refractivity contribution is -0.284. The molecule has 0 aromatic heterocycles. The summed E-state index contributed by atoms with van der Waals surface area (Å²) < 4.78 is 10.1. The van der Waals surface area contributed by atoms with E-state index in [0.717, 1.165) is 6.08 Å². The van der Waals surface area contributed by atoms with Gasteiger partial charge >= 0.3 is 5.97 Å². The van der Waals surface area contributed by atoms with E-state index in [-0.39, 0.29) is 5.76 Å². The highest BCUT2D eigenvalue weighted by Crippen LogP contribution is 2.24. The van der Waals surface area contributed by atoms with Crippen LogP contribution in [-0.2, 0) is 19.2 Å². The van der Waals surface area contributed by atoms with Crippen LogP contribution in [0.15, 0.2) is 11.8 Å². The molecule has 0 bridgehead atoms. The lowest BCUT2D eigenvalue weighted by Gasteiger charge is -2.31. The molecule has 1 unspecified atom stereocenters. The second-order valence-corrected chi connectivity index (χ2v) is 3.22. The van der Waals surface area contributed by atoms with Crippen LogP contribution in [0.4, 0.5) is 0 Å². The molecule has 1 aliphatic heterocycles. The van der Waals surface area contributed by atoms with E-state index in [9.17, 15) is 4.79 Å². The van der Waals surface area contributed by atoms with Crippen LogP contribution in [0.3, 0.4) is 0 Å². The molecule has 0 saturated heterocycles. The van der Waals surface area contributed by atoms with Crippen molar-refractivity contribution in [1.82, 2.24) is 0 Å². The molecule has 1 heterocycles. The minimum atomic E-state index is -1.01.